The summed E-state index contributed by atoms with van der Waals surface area (Å²) in [6.45, 7) is 3.49. The van der Waals surface area contributed by atoms with Crippen LogP contribution in [-0.2, 0) is 17.6 Å². The Morgan fingerprint density at radius 3 is 2.56 bits per heavy atom. The zero-order chi connectivity index (χ0) is 18.6. The molecule has 0 radical (unpaired) electrons. The zero-order valence-corrected chi connectivity index (χ0v) is 15.9. The summed E-state index contributed by atoms with van der Waals surface area (Å²) in [6.07, 6.45) is 7.71. The van der Waals surface area contributed by atoms with E-state index in [1.807, 2.05) is 29.3 Å². The summed E-state index contributed by atoms with van der Waals surface area (Å²) in [4.78, 5) is 22.2. The van der Waals surface area contributed by atoms with E-state index in [-0.39, 0.29) is 11.9 Å². The van der Waals surface area contributed by atoms with Crippen molar-refractivity contribution in [3.05, 3.63) is 59.4 Å². The van der Waals surface area contributed by atoms with E-state index in [9.17, 15) is 4.79 Å². The molecule has 2 aromatic rings. The molecule has 1 saturated heterocycles. The van der Waals surface area contributed by atoms with Crippen LogP contribution in [0.2, 0.25) is 0 Å². The Kier molecular flexibility index (Phi) is 5.39. The van der Waals surface area contributed by atoms with E-state index in [2.05, 4.69) is 22.0 Å². The van der Waals surface area contributed by atoms with Gasteiger partial charge >= 0.3 is 0 Å². The molecular weight excluding hydrogens is 338 g/mol. The number of hydrogen-bond acceptors (Lipinski definition) is 4. The van der Waals surface area contributed by atoms with Crippen LogP contribution >= 0.6 is 0 Å². The minimum Gasteiger partial charge on any atom is -0.497 e. The minimum atomic E-state index is -0.211. The van der Waals surface area contributed by atoms with Gasteiger partial charge in [0, 0.05) is 25.5 Å². The van der Waals surface area contributed by atoms with Gasteiger partial charge in [0.05, 0.1) is 7.11 Å². The number of rotatable bonds is 4. The fourth-order valence-corrected chi connectivity index (χ4v) is 4.27. The highest BCUT2D eigenvalue weighted by atomic mass is 16.5. The van der Waals surface area contributed by atoms with Crippen LogP contribution in [0, 0.1) is 0 Å². The molecule has 1 amide bonds. The van der Waals surface area contributed by atoms with E-state index >= 15 is 0 Å². The summed E-state index contributed by atoms with van der Waals surface area (Å²) in [6, 6.07) is 10.0. The maximum Gasteiger partial charge on any atom is 0.244 e. The van der Waals surface area contributed by atoms with Crippen molar-refractivity contribution in [3.63, 3.8) is 0 Å². The first kappa shape index (κ1) is 18.0. The standard InChI is InChI=1S/C22H27N3O2/c1-27-20-7-6-17-8-13-25(14-9-18(17)15-20)22(26)21(24-11-2-3-12-24)19-5-4-10-23-16-19/h4-7,10,15-16,21H,2-3,8-9,11-14H2,1H3/t21-/m0/s1. The Morgan fingerprint density at radius 2 is 1.85 bits per heavy atom. The fourth-order valence-electron chi connectivity index (χ4n) is 4.27. The SMILES string of the molecule is COc1ccc2c(c1)CCN(C(=O)[C@H](c1cccnc1)N1CCCC1)CC2. The van der Waals surface area contributed by atoms with Gasteiger partial charge in [-0.25, -0.2) is 0 Å². The van der Waals surface area contributed by atoms with E-state index in [1.165, 1.54) is 11.1 Å². The van der Waals surface area contributed by atoms with Gasteiger partial charge in [-0.1, -0.05) is 12.1 Å². The number of pyridine rings is 1. The van der Waals surface area contributed by atoms with Crippen LogP contribution in [0.5, 0.6) is 5.75 Å². The lowest BCUT2D eigenvalue weighted by molar-refractivity contribution is -0.136. The summed E-state index contributed by atoms with van der Waals surface area (Å²) < 4.78 is 5.36. The summed E-state index contributed by atoms with van der Waals surface area (Å²) in [5.74, 6) is 1.10. The molecule has 0 aliphatic carbocycles. The van der Waals surface area contributed by atoms with Crippen molar-refractivity contribution in [1.29, 1.82) is 0 Å². The second-order valence-electron chi connectivity index (χ2n) is 7.39. The normalized spacial score (nSPS) is 18.6. The lowest BCUT2D eigenvalue weighted by atomic mass is 10.0. The van der Waals surface area contributed by atoms with E-state index < -0.39 is 0 Å². The third-order valence-electron chi connectivity index (χ3n) is 5.77. The van der Waals surface area contributed by atoms with Gasteiger partial charge in [-0.15, -0.1) is 0 Å². The Balaban J connectivity index is 1.55. The quantitative estimate of drug-likeness (QED) is 0.836. The van der Waals surface area contributed by atoms with E-state index in [4.69, 9.17) is 4.74 Å². The molecule has 27 heavy (non-hydrogen) atoms. The number of hydrogen-bond donors (Lipinski definition) is 0. The maximum atomic E-state index is 13.5. The number of amides is 1. The van der Waals surface area contributed by atoms with Gasteiger partial charge in [0.2, 0.25) is 5.91 Å². The van der Waals surface area contributed by atoms with Crippen molar-refractivity contribution < 1.29 is 9.53 Å². The number of aromatic nitrogens is 1. The molecule has 1 aromatic carbocycles. The Morgan fingerprint density at radius 1 is 1.07 bits per heavy atom. The van der Waals surface area contributed by atoms with E-state index in [0.717, 1.165) is 63.2 Å². The number of ether oxygens (including phenoxy) is 1. The third-order valence-corrected chi connectivity index (χ3v) is 5.77. The highest BCUT2D eigenvalue weighted by Crippen LogP contribution is 2.28. The van der Waals surface area contributed by atoms with Crippen LogP contribution < -0.4 is 4.74 Å². The molecule has 3 heterocycles. The largest absolute Gasteiger partial charge is 0.497 e. The summed E-state index contributed by atoms with van der Waals surface area (Å²) in [5, 5.41) is 0. The molecule has 5 nitrogen and oxygen atoms in total. The van der Waals surface area contributed by atoms with Crippen molar-refractivity contribution in [3.8, 4) is 5.75 Å². The molecule has 5 heteroatoms. The monoisotopic (exact) mass is 365 g/mol. The van der Waals surface area contributed by atoms with Crippen LogP contribution in [-0.4, -0.2) is 54.0 Å². The second-order valence-corrected chi connectivity index (χ2v) is 7.39. The predicted molar refractivity (Wildman–Crippen MR) is 105 cm³/mol. The lowest BCUT2D eigenvalue weighted by Crippen LogP contribution is -2.43. The summed E-state index contributed by atoms with van der Waals surface area (Å²) in [5.41, 5.74) is 3.63. The third kappa shape index (κ3) is 3.83. The number of likely N-dealkylation sites (tertiary alicyclic amines) is 1. The molecule has 0 saturated carbocycles. The first-order chi connectivity index (χ1) is 13.3. The minimum absolute atomic E-state index is 0.211. The number of methoxy groups -OCH3 is 1. The fraction of sp³-hybridized carbons (Fsp3) is 0.455. The maximum absolute atomic E-state index is 13.5. The van der Waals surface area contributed by atoms with Crippen molar-refractivity contribution in [2.75, 3.05) is 33.3 Å². The average Bonchev–Trinajstić information content (AvgIpc) is 3.14. The Bertz CT molecular complexity index is 787. The van der Waals surface area contributed by atoms with E-state index in [0.29, 0.717) is 0 Å². The van der Waals surface area contributed by atoms with Crippen LogP contribution in [0.1, 0.15) is 35.6 Å². The summed E-state index contributed by atoms with van der Waals surface area (Å²) >= 11 is 0. The van der Waals surface area contributed by atoms with Gasteiger partial charge < -0.3 is 9.64 Å². The van der Waals surface area contributed by atoms with Gasteiger partial charge in [-0.3, -0.25) is 14.7 Å². The number of benzene rings is 1. The van der Waals surface area contributed by atoms with Crippen LogP contribution in [0.4, 0.5) is 0 Å². The molecule has 0 N–H and O–H groups in total. The zero-order valence-electron chi connectivity index (χ0n) is 15.9. The Hall–Kier alpha value is -2.40. The molecule has 0 unspecified atom stereocenters. The predicted octanol–water partition coefficient (Wildman–Crippen LogP) is 2.85. The topological polar surface area (TPSA) is 45.7 Å². The van der Waals surface area contributed by atoms with Gasteiger partial charge in [-0.2, -0.15) is 0 Å². The van der Waals surface area contributed by atoms with Gasteiger partial charge in [0.25, 0.3) is 0 Å². The van der Waals surface area contributed by atoms with Crippen molar-refractivity contribution >= 4 is 5.91 Å². The number of fused-ring (bicyclic) bond motifs is 1. The molecule has 1 fully saturated rings. The first-order valence-electron chi connectivity index (χ1n) is 9.85. The molecule has 142 valence electrons. The lowest BCUT2D eigenvalue weighted by Gasteiger charge is -2.32. The molecule has 2 aliphatic heterocycles. The van der Waals surface area contributed by atoms with E-state index in [1.54, 1.807) is 13.3 Å². The molecule has 1 aromatic heterocycles. The molecule has 0 bridgehead atoms. The highest BCUT2D eigenvalue weighted by molar-refractivity contribution is 5.83. The van der Waals surface area contributed by atoms with Crippen LogP contribution in [0.25, 0.3) is 0 Å². The van der Waals surface area contributed by atoms with Crippen LogP contribution in [0.15, 0.2) is 42.7 Å². The molecule has 2 aliphatic rings. The number of nitrogens with zero attached hydrogens (tertiary/aromatic N) is 3. The van der Waals surface area contributed by atoms with Crippen LogP contribution in [0.3, 0.4) is 0 Å². The number of carbonyl (C=O) groups excluding carboxylic acids is 1. The Labute approximate surface area is 161 Å². The molecular formula is C22H27N3O2. The first-order valence-corrected chi connectivity index (χ1v) is 9.85. The number of carbonyl (C=O) groups is 1. The van der Waals surface area contributed by atoms with Gasteiger partial charge in [-0.05, 0) is 73.7 Å². The molecule has 1 atom stereocenters. The highest BCUT2D eigenvalue weighted by Gasteiger charge is 2.33. The average molecular weight is 365 g/mol. The van der Waals surface area contributed by atoms with Crippen molar-refractivity contribution in [2.45, 2.75) is 31.7 Å². The van der Waals surface area contributed by atoms with Gasteiger partial charge in [0.1, 0.15) is 11.8 Å². The molecule has 0 spiro atoms. The summed E-state index contributed by atoms with van der Waals surface area (Å²) in [7, 11) is 1.70. The second kappa shape index (κ2) is 8.09. The molecule has 4 rings (SSSR count). The van der Waals surface area contributed by atoms with Gasteiger partial charge in [0.15, 0.2) is 0 Å². The van der Waals surface area contributed by atoms with Crippen molar-refractivity contribution in [1.82, 2.24) is 14.8 Å². The smallest absolute Gasteiger partial charge is 0.244 e. The van der Waals surface area contributed by atoms with Crippen molar-refractivity contribution in [2.24, 2.45) is 0 Å².